The van der Waals surface area contributed by atoms with Crippen LogP contribution in [0.5, 0.6) is 0 Å². The first-order valence-corrected chi connectivity index (χ1v) is 8.01. The zero-order valence-corrected chi connectivity index (χ0v) is 12.4. The third-order valence-electron chi connectivity index (χ3n) is 4.68. The molecule has 3 nitrogen and oxygen atoms in total. The van der Waals surface area contributed by atoms with Gasteiger partial charge in [0, 0.05) is 18.2 Å². The fraction of sp³-hybridized carbons (Fsp3) is 0.588. The van der Waals surface area contributed by atoms with Crippen LogP contribution in [-0.2, 0) is 0 Å². The maximum Gasteiger partial charge on any atom is 0.254 e. The fourth-order valence-corrected chi connectivity index (χ4v) is 3.26. The lowest BCUT2D eigenvalue weighted by atomic mass is 9.88. The highest BCUT2D eigenvalue weighted by molar-refractivity contribution is 5.95. The Morgan fingerprint density at radius 2 is 1.90 bits per heavy atom. The van der Waals surface area contributed by atoms with Crippen molar-refractivity contribution in [2.24, 2.45) is 5.92 Å². The number of hydrogen-bond donors (Lipinski definition) is 1. The first-order valence-electron chi connectivity index (χ1n) is 8.01. The van der Waals surface area contributed by atoms with Crippen LogP contribution >= 0.6 is 0 Å². The number of nitrogens with zero attached hydrogens (tertiary/aromatic N) is 1. The van der Waals surface area contributed by atoms with Gasteiger partial charge in [-0.15, -0.1) is 0 Å². The minimum Gasteiger partial charge on any atom is -0.396 e. The molecule has 21 heavy (non-hydrogen) atoms. The maximum atomic E-state index is 13.6. The topological polar surface area (TPSA) is 46.3 Å². The number of nitrogens with two attached hydrogens (primary N) is 1. The van der Waals surface area contributed by atoms with Crippen molar-refractivity contribution in [2.45, 2.75) is 51.0 Å². The van der Waals surface area contributed by atoms with Gasteiger partial charge >= 0.3 is 0 Å². The van der Waals surface area contributed by atoms with E-state index >= 15 is 0 Å². The Morgan fingerprint density at radius 3 is 2.52 bits per heavy atom. The van der Waals surface area contributed by atoms with Gasteiger partial charge < -0.3 is 10.6 Å². The molecule has 2 N–H and O–H groups in total. The molecule has 0 radical (unpaired) electrons. The number of benzene rings is 1. The van der Waals surface area contributed by atoms with E-state index in [0.717, 1.165) is 19.4 Å². The molecule has 0 bridgehead atoms. The lowest BCUT2D eigenvalue weighted by Crippen LogP contribution is -2.37. The number of halogens is 1. The van der Waals surface area contributed by atoms with Crippen LogP contribution in [0.15, 0.2) is 18.2 Å². The Balaban J connectivity index is 1.73. The molecule has 0 atom stereocenters. The predicted molar refractivity (Wildman–Crippen MR) is 81.4 cm³/mol. The van der Waals surface area contributed by atoms with Crippen LogP contribution in [0.3, 0.4) is 0 Å². The van der Waals surface area contributed by atoms with E-state index in [0.29, 0.717) is 17.5 Å². The number of amides is 1. The average Bonchev–Trinajstić information content (AvgIpc) is 3.33. The monoisotopic (exact) mass is 290 g/mol. The lowest BCUT2D eigenvalue weighted by Gasteiger charge is -2.30. The average molecular weight is 290 g/mol. The normalized spacial score (nSPS) is 19.5. The van der Waals surface area contributed by atoms with Gasteiger partial charge in [0.15, 0.2) is 0 Å². The molecule has 0 aliphatic heterocycles. The van der Waals surface area contributed by atoms with Crippen molar-refractivity contribution in [3.8, 4) is 0 Å². The van der Waals surface area contributed by atoms with Crippen LogP contribution in [0, 0.1) is 11.7 Å². The Labute approximate surface area is 125 Å². The van der Waals surface area contributed by atoms with Crippen molar-refractivity contribution >= 4 is 11.6 Å². The second-order valence-corrected chi connectivity index (χ2v) is 6.43. The van der Waals surface area contributed by atoms with Crippen molar-refractivity contribution in [3.63, 3.8) is 0 Å². The van der Waals surface area contributed by atoms with Crippen LogP contribution in [0.25, 0.3) is 0 Å². The van der Waals surface area contributed by atoms with Crippen LogP contribution in [0.2, 0.25) is 0 Å². The number of anilines is 1. The van der Waals surface area contributed by atoms with E-state index in [1.54, 1.807) is 6.07 Å². The summed E-state index contributed by atoms with van der Waals surface area (Å²) < 4.78 is 13.6. The van der Waals surface area contributed by atoms with Crippen molar-refractivity contribution in [3.05, 3.63) is 29.6 Å². The number of rotatable bonds is 4. The molecule has 0 unspecified atom stereocenters. The smallest absolute Gasteiger partial charge is 0.254 e. The molecule has 1 aromatic carbocycles. The maximum absolute atomic E-state index is 13.6. The largest absolute Gasteiger partial charge is 0.396 e. The van der Waals surface area contributed by atoms with E-state index in [4.69, 9.17) is 5.73 Å². The molecule has 2 aliphatic carbocycles. The third-order valence-corrected chi connectivity index (χ3v) is 4.68. The molecular weight excluding hydrogens is 267 g/mol. The highest BCUT2D eigenvalue weighted by Gasteiger charge is 2.34. The number of carbonyl (C=O) groups excluding carboxylic acids is 1. The van der Waals surface area contributed by atoms with Gasteiger partial charge in [0.1, 0.15) is 5.82 Å². The minimum atomic E-state index is -0.505. The summed E-state index contributed by atoms with van der Waals surface area (Å²) in [6.45, 7) is 0.829. The van der Waals surface area contributed by atoms with Gasteiger partial charge in [-0.1, -0.05) is 19.3 Å². The van der Waals surface area contributed by atoms with E-state index in [9.17, 15) is 9.18 Å². The molecule has 2 aliphatic rings. The molecule has 114 valence electrons. The molecule has 1 amide bonds. The zero-order chi connectivity index (χ0) is 14.8. The van der Waals surface area contributed by atoms with Crippen molar-refractivity contribution in [2.75, 3.05) is 12.3 Å². The highest BCUT2D eigenvalue weighted by atomic mass is 19.1. The quantitative estimate of drug-likeness (QED) is 0.861. The fourth-order valence-electron chi connectivity index (χ4n) is 3.26. The molecule has 0 heterocycles. The van der Waals surface area contributed by atoms with Crippen molar-refractivity contribution in [1.29, 1.82) is 0 Å². The first-order chi connectivity index (χ1) is 10.1. The summed E-state index contributed by atoms with van der Waals surface area (Å²) in [5, 5.41) is 0. The SMILES string of the molecule is Nc1ccc(C(=O)N(CC2CCCCC2)C2CC2)cc1F. The van der Waals surface area contributed by atoms with Crippen LogP contribution in [0.1, 0.15) is 55.3 Å². The summed E-state index contributed by atoms with van der Waals surface area (Å²) in [5.74, 6) is 0.0677. The third kappa shape index (κ3) is 3.36. The number of carbonyl (C=O) groups is 1. The summed E-state index contributed by atoms with van der Waals surface area (Å²) in [5.41, 5.74) is 6.00. The minimum absolute atomic E-state index is 0.0398. The van der Waals surface area contributed by atoms with Gasteiger partial charge in [-0.3, -0.25) is 4.79 Å². The molecule has 4 heteroatoms. The first kappa shape index (κ1) is 14.4. The second-order valence-electron chi connectivity index (χ2n) is 6.43. The Hall–Kier alpha value is -1.58. The molecule has 2 fully saturated rings. The van der Waals surface area contributed by atoms with Crippen LogP contribution < -0.4 is 5.73 Å². The van der Waals surface area contributed by atoms with Gasteiger partial charge in [-0.05, 0) is 49.8 Å². The van der Waals surface area contributed by atoms with Gasteiger partial charge in [-0.2, -0.15) is 0 Å². The van der Waals surface area contributed by atoms with E-state index in [1.807, 2.05) is 4.90 Å². The molecule has 0 aromatic heterocycles. The Kier molecular flexibility index (Phi) is 4.13. The molecular formula is C17H23FN2O. The number of hydrogen-bond acceptors (Lipinski definition) is 2. The zero-order valence-electron chi connectivity index (χ0n) is 12.4. The summed E-state index contributed by atoms with van der Waals surface area (Å²) in [6.07, 6.45) is 8.45. The van der Waals surface area contributed by atoms with E-state index in [-0.39, 0.29) is 11.6 Å². The standard InChI is InChI=1S/C17H23FN2O/c18-15-10-13(6-9-16(15)19)17(21)20(14-7-8-14)11-12-4-2-1-3-5-12/h6,9-10,12,14H,1-5,7-8,11,19H2. The lowest BCUT2D eigenvalue weighted by molar-refractivity contribution is 0.0698. The summed E-state index contributed by atoms with van der Waals surface area (Å²) in [4.78, 5) is 14.7. The van der Waals surface area contributed by atoms with E-state index in [2.05, 4.69) is 0 Å². The predicted octanol–water partition coefficient (Wildman–Crippen LogP) is 3.59. The van der Waals surface area contributed by atoms with Crippen molar-refractivity contribution < 1.29 is 9.18 Å². The van der Waals surface area contributed by atoms with E-state index < -0.39 is 5.82 Å². The molecule has 2 saturated carbocycles. The Bertz CT molecular complexity index is 522. The molecule has 0 spiro atoms. The van der Waals surface area contributed by atoms with Gasteiger partial charge in [-0.25, -0.2) is 4.39 Å². The molecule has 0 saturated heterocycles. The van der Waals surface area contributed by atoms with Gasteiger partial charge in [0.2, 0.25) is 0 Å². The highest BCUT2D eigenvalue weighted by Crippen LogP contribution is 2.32. The van der Waals surface area contributed by atoms with Crippen molar-refractivity contribution in [1.82, 2.24) is 4.90 Å². The van der Waals surface area contributed by atoms with Crippen LogP contribution in [-0.4, -0.2) is 23.4 Å². The van der Waals surface area contributed by atoms with Gasteiger partial charge in [0.05, 0.1) is 5.69 Å². The van der Waals surface area contributed by atoms with Gasteiger partial charge in [0.25, 0.3) is 5.91 Å². The number of nitrogen functional groups attached to an aromatic ring is 1. The van der Waals surface area contributed by atoms with Crippen LogP contribution in [0.4, 0.5) is 10.1 Å². The molecule has 1 aromatic rings. The van der Waals surface area contributed by atoms with E-state index in [1.165, 1.54) is 44.2 Å². The Morgan fingerprint density at radius 1 is 1.19 bits per heavy atom. The molecule has 3 rings (SSSR count). The second kappa shape index (κ2) is 6.04. The summed E-state index contributed by atoms with van der Waals surface area (Å²) in [6, 6.07) is 4.75. The summed E-state index contributed by atoms with van der Waals surface area (Å²) >= 11 is 0. The summed E-state index contributed by atoms with van der Waals surface area (Å²) in [7, 11) is 0.